The Morgan fingerprint density at radius 2 is 1.36 bits per heavy atom. The first-order valence-corrected chi connectivity index (χ1v) is 25.8. The highest BCUT2D eigenvalue weighted by molar-refractivity contribution is 6.75. The van der Waals surface area contributed by atoms with E-state index in [0.29, 0.717) is 30.0 Å². The summed E-state index contributed by atoms with van der Waals surface area (Å²) in [6.07, 6.45) is 21.4. The van der Waals surface area contributed by atoms with Gasteiger partial charge in [-0.05, 0) is 134 Å². The third-order valence-corrected chi connectivity index (χ3v) is 23.0. The molecule has 0 amide bonds. The van der Waals surface area contributed by atoms with Crippen LogP contribution in [0.1, 0.15) is 162 Å². The summed E-state index contributed by atoms with van der Waals surface area (Å²) in [5, 5.41) is 9.44. The van der Waals surface area contributed by atoms with E-state index in [4.69, 9.17) is 14.0 Å². The van der Waals surface area contributed by atoms with Crippen LogP contribution in [0.25, 0.3) is 0 Å². The summed E-state index contributed by atoms with van der Waals surface area (Å²) < 4.78 is 14.3. The van der Waals surface area contributed by atoms with Gasteiger partial charge in [0.25, 0.3) is 0 Å². The van der Waals surface area contributed by atoms with Gasteiger partial charge in [0.15, 0.2) is 8.32 Å². The number of fused-ring (bicyclic) bond motifs is 5. The molecule has 0 bridgehead atoms. The van der Waals surface area contributed by atoms with E-state index in [1.54, 1.807) is 11.1 Å². The molecule has 0 heterocycles. The van der Waals surface area contributed by atoms with Crippen LogP contribution in [0.3, 0.4) is 0 Å². The van der Waals surface area contributed by atoms with Gasteiger partial charge in [-0.25, -0.2) is 0 Å². The number of unbranched alkanes of at least 4 members (excludes halogenated alkanes) is 9. The molecular formula is C42H76O3Si2. The van der Waals surface area contributed by atoms with E-state index in [1.807, 2.05) is 0 Å². The van der Waals surface area contributed by atoms with Gasteiger partial charge in [0.2, 0.25) is 8.32 Å². The molecule has 6 atom stereocenters. The van der Waals surface area contributed by atoms with Gasteiger partial charge in [-0.15, -0.1) is 0 Å². The maximum Gasteiger partial charge on any atom is 0.250 e. The van der Waals surface area contributed by atoms with Crippen LogP contribution in [0.4, 0.5) is 0 Å². The van der Waals surface area contributed by atoms with E-state index in [1.165, 1.54) is 96.3 Å². The highest BCUT2D eigenvalue weighted by Crippen LogP contribution is 2.64. The first-order chi connectivity index (χ1) is 21.9. The normalized spacial score (nSPS) is 28.1. The lowest BCUT2D eigenvalue weighted by molar-refractivity contribution is -0.0264. The zero-order valence-electron chi connectivity index (χ0n) is 32.9. The molecule has 1 N–H and O–H groups in total. The van der Waals surface area contributed by atoms with Crippen molar-refractivity contribution in [1.82, 2.24) is 0 Å². The summed E-state index contributed by atoms with van der Waals surface area (Å²) in [6.45, 7) is 27.0. The lowest BCUT2D eigenvalue weighted by atomic mass is 9.55. The number of hydrogen-bond acceptors (Lipinski definition) is 3. The van der Waals surface area contributed by atoms with Crippen LogP contribution < -0.4 is 4.43 Å². The van der Waals surface area contributed by atoms with Crippen molar-refractivity contribution >= 4 is 16.6 Å². The Balaban J connectivity index is 1.43. The Kier molecular flexibility index (Phi) is 13.1. The molecule has 0 saturated heterocycles. The van der Waals surface area contributed by atoms with Crippen LogP contribution in [-0.4, -0.2) is 34.5 Å². The molecule has 47 heavy (non-hydrogen) atoms. The molecule has 2 fully saturated rings. The maximum atomic E-state index is 8.98. The fourth-order valence-electron chi connectivity index (χ4n) is 9.13. The van der Waals surface area contributed by atoms with Gasteiger partial charge >= 0.3 is 0 Å². The molecule has 5 heteroatoms. The summed E-state index contributed by atoms with van der Waals surface area (Å²) in [5.41, 5.74) is 3.52. The molecule has 4 rings (SSSR count). The van der Waals surface area contributed by atoms with Crippen LogP contribution in [-0.2, 0) is 10.8 Å². The van der Waals surface area contributed by atoms with Crippen molar-refractivity contribution in [3.63, 3.8) is 0 Å². The predicted octanol–water partition coefficient (Wildman–Crippen LogP) is 12.8. The molecule has 1 aromatic rings. The molecule has 0 aromatic heterocycles. The third kappa shape index (κ3) is 9.19. The van der Waals surface area contributed by atoms with Gasteiger partial charge in [-0.1, -0.05) is 112 Å². The summed E-state index contributed by atoms with van der Waals surface area (Å²) in [7, 11) is -3.73. The molecule has 0 unspecified atom stereocenters. The Bertz CT molecular complexity index is 1130. The maximum absolute atomic E-state index is 8.98. The van der Waals surface area contributed by atoms with Crippen molar-refractivity contribution in [2.24, 2.45) is 23.2 Å². The second-order valence-electron chi connectivity index (χ2n) is 19.5. The first-order valence-electron chi connectivity index (χ1n) is 20.0. The minimum Gasteiger partial charge on any atom is -0.543 e. The van der Waals surface area contributed by atoms with Crippen molar-refractivity contribution in [2.75, 3.05) is 6.61 Å². The molecule has 0 spiro atoms. The highest BCUT2D eigenvalue weighted by Gasteiger charge is 2.60. The standard InChI is InChI=1S/C42H76O3Si2/c1-40(2,3)46(8,9)44-34-24-26-35-32(30-34)23-25-37-36(35)27-28-42(7)38(37)31-33(39(42)45-47(10,11)41(4,5)6)22-20-18-16-14-12-13-15-17-19-21-29-43/h24,26,30,33,36-39,43H,12-23,25,27-29,31H2,1-11H3/t33-,36+,37+,38-,39-,42-/m0/s1. The van der Waals surface area contributed by atoms with E-state index in [2.05, 4.69) is 92.9 Å². The van der Waals surface area contributed by atoms with E-state index in [0.717, 1.165) is 24.0 Å². The lowest BCUT2D eigenvalue weighted by Crippen LogP contribution is -2.51. The quantitative estimate of drug-likeness (QED) is 0.139. The fraction of sp³-hybridized carbons (Fsp3) is 0.857. The number of hydrogen-bond donors (Lipinski definition) is 1. The van der Waals surface area contributed by atoms with E-state index in [-0.39, 0.29) is 10.1 Å². The van der Waals surface area contributed by atoms with Crippen molar-refractivity contribution in [1.29, 1.82) is 0 Å². The zero-order valence-corrected chi connectivity index (χ0v) is 34.9. The van der Waals surface area contributed by atoms with Gasteiger partial charge in [-0.3, -0.25) is 0 Å². The van der Waals surface area contributed by atoms with Crippen molar-refractivity contribution in [2.45, 2.75) is 199 Å². The highest BCUT2D eigenvalue weighted by atomic mass is 28.4. The van der Waals surface area contributed by atoms with E-state index in [9.17, 15) is 0 Å². The molecule has 2 saturated carbocycles. The molecule has 3 nitrogen and oxygen atoms in total. The number of aryl methyl sites for hydroxylation is 1. The van der Waals surface area contributed by atoms with Crippen LogP contribution in [0.2, 0.25) is 36.3 Å². The second-order valence-corrected chi connectivity index (χ2v) is 29.0. The number of aliphatic hydroxyl groups is 1. The number of benzene rings is 1. The first kappa shape index (κ1) is 39.2. The fourth-order valence-corrected chi connectivity index (χ4v) is 11.6. The topological polar surface area (TPSA) is 38.7 Å². The SMILES string of the molecule is CC(C)(C)[Si](C)(C)Oc1ccc2c(c1)CC[C@@H]1[C@@H]2CC[C@@]2(C)[C@H]1C[C@H](CCCCCCCCCCCCO)[C@@H]2O[Si](C)(C)C(C)(C)C. The lowest BCUT2D eigenvalue weighted by Gasteiger charge is -2.52. The minimum atomic E-state index is -1.88. The summed E-state index contributed by atoms with van der Waals surface area (Å²) in [4.78, 5) is 0. The number of rotatable bonds is 16. The van der Waals surface area contributed by atoms with E-state index < -0.39 is 16.6 Å². The van der Waals surface area contributed by atoms with Gasteiger partial charge in [0.1, 0.15) is 5.75 Å². The predicted molar refractivity (Wildman–Crippen MR) is 208 cm³/mol. The third-order valence-electron chi connectivity index (χ3n) is 14.2. The number of aliphatic hydroxyl groups excluding tert-OH is 1. The van der Waals surface area contributed by atoms with E-state index >= 15 is 0 Å². The van der Waals surface area contributed by atoms with Crippen LogP contribution in [0.5, 0.6) is 5.75 Å². The summed E-state index contributed by atoms with van der Waals surface area (Å²) in [5.74, 6) is 4.10. The Morgan fingerprint density at radius 3 is 1.94 bits per heavy atom. The van der Waals surface area contributed by atoms with Gasteiger partial charge in [-0.2, -0.15) is 0 Å². The molecule has 0 radical (unpaired) electrons. The van der Waals surface area contributed by atoms with Crippen LogP contribution >= 0.6 is 0 Å². The Labute approximate surface area is 294 Å². The van der Waals surface area contributed by atoms with Crippen molar-refractivity contribution in [3.8, 4) is 5.75 Å². The average Bonchev–Trinajstić information content (AvgIpc) is 3.25. The average molecular weight is 685 g/mol. The minimum absolute atomic E-state index is 0.213. The smallest absolute Gasteiger partial charge is 0.250 e. The molecule has 0 aliphatic heterocycles. The van der Waals surface area contributed by atoms with Gasteiger partial charge < -0.3 is 14.0 Å². The van der Waals surface area contributed by atoms with Crippen LogP contribution in [0, 0.1) is 23.2 Å². The van der Waals surface area contributed by atoms with Crippen LogP contribution in [0.15, 0.2) is 18.2 Å². The molecule has 1 aromatic carbocycles. The zero-order chi connectivity index (χ0) is 34.7. The second kappa shape index (κ2) is 15.7. The largest absolute Gasteiger partial charge is 0.543 e. The van der Waals surface area contributed by atoms with Gasteiger partial charge in [0.05, 0.1) is 6.10 Å². The van der Waals surface area contributed by atoms with Crippen molar-refractivity contribution < 1.29 is 14.0 Å². The summed E-state index contributed by atoms with van der Waals surface area (Å²) >= 11 is 0. The monoisotopic (exact) mass is 685 g/mol. The molecule has 3 aliphatic carbocycles. The molecular weight excluding hydrogens is 609 g/mol. The summed E-state index contributed by atoms with van der Waals surface area (Å²) in [6, 6.07) is 7.22. The van der Waals surface area contributed by atoms with Gasteiger partial charge in [0, 0.05) is 6.61 Å². The molecule has 270 valence electrons. The van der Waals surface area contributed by atoms with Crippen molar-refractivity contribution in [3.05, 3.63) is 29.3 Å². The Morgan fingerprint density at radius 1 is 0.787 bits per heavy atom. The molecule has 3 aliphatic rings. The Hall–Kier alpha value is -0.626.